The number of halogens is 2. The van der Waals surface area contributed by atoms with Crippen LogP contribution in [0.2, 0.25) is 10.0 Å². The number of hydrogen-bond donors (Lipinski definition) is 1. The zero-order chi connectivity index (χ0) is 19.3. The highest BCUT2D eigenvalue weighted by atomic mass is 35.5. The van der Waals surface area contributed by atoms with Gasteiger partial charge in [0.2, 0.25) is 5.88 Å². The third kappa shape index (κ3) is 5.03. The molecule has 0 spiro atoms. The van der Waals surface area contributed by atoms with E-state index in [-0.39, 0.29) is 19.6 Å². The molecule has 1 N–H and O–H groups in total. The van der Waals surface area contributed by atoms with Crippen molar-refractivity contribution in [2.24, 2.45) is 0 Å². The lowest BCUT2D eigenvalue weighted by Gasteiger charge is -2.23. The molecule has 27 heavy (non-hydrogen) atoms. The SMILES string of the molecule is O=C(O)C1(Cc2ccnc(OCCOc3ccc(Cl)cc3Cl)c2)CCCO1. The topological polar surface area (TPSA) is 77.9 Å². The number of hydrogen-bond acceptors (Lipinski definition) is 5. The summed E-state index contributed by atoms with van der Waals surface area (Å²) in [6.07, 6.45) is 3.10. The minimum atomic E-state index is -1.16. The Morgan fingerprint density at radius 3 is 2.74 bits per heavy atom. The maximum absolute atomic E-state index is 11.6. The van der Waals surface area contributed by atoms with E-state index in [4.69, 9.17) is 37.4 Å². The van der Waals surface area contributed by atoms with Gasteiger partial charge in [0, 0.05) is 30.3 Å². The van der Waals surface area contributed by atoms with E-state index < -0.39 is 11.6 Å². The Labute approximate surface area is 167 Å². The van der Waals surface area contributed by atoms with Crippen LogP contribution in [0, 0.1) is 0 Å². The fourth-order valence-corrected chi connectivity index (χ4v) is 3.40. The van der Waals surface area contributed by atoms with Gasteiger partial charge in [0.1, 0.15) is 19.0 Å². The summed E-state index contributed by atoms with van der Waals surface area (Å²) in [5.41, 5.74) is -0.362. The number of pyridine rings is 1. The zero-order valence-corrected chi connectivity index (χ0v) is 16.0. The van der Waals surface area contributed by atoms with Gasteiger partial charge in [0.15, 0.2) is 5.60 Å². The summed E-state index contributed by atoms with van der Waals surface area (Å²) in [5, 5.41) is 10.5. The van der Waals surface area contributed by atoms with Crippen molar-refractivity contribution in [1.82, 2.24) is 4.98 Å². The van der Waals surface area contributed by atoms with E-state index in [1.54, 1.807) is 36.5 Å². The van der Waals surface area contributed by atoms with Gasteiger partial charge in [-0.2, -0.15) is 0 Å². The molecule has 1 atom stereocenters. The smallest absolute Gasteiger partial charge is 0.336 e. The van der Waals surface area contributed by atoms with Crippen molar-refractivity contribution in [3.05, 3.63) is 52.1 Å². The molecule has 8 heteroatoms. The second kappa shape index (κ2) is 8.78. The van der Waals surface area contributed by atoms with Gasteiger partial charge in [0.25, 0.3) is 0 Å². The van der Waals surface area contributed by atoms with Crippen molar-refractivity contribution in [2.75, 3.05) is 19.8 Å². The number of nitrogens with zero attached hydrogens (tertiary/aromatic N) is 1. The summed E-state index contributed by atoms with van der Waals surface area (Å²) >= 11 is 11.9. The van der Waals surface area contributed by atoms with Crippen LogP contribution in [-0.4, -0.2) is 41.5 Å². The maximum atomic E-state index is 11.6. The normalized spacial score (nSPS) is 19.0. The van der Waals surface area contributed by atoms with Crippen LogP contribution in [0.3, 0.4) is 0 Å². The van der Waals surface area contributed by atoms with E-state index in [1.807, 2.05) is 0 Å². The number of carboxylic acid groups (broad SMARTS) is 1. The van der Waals surface area contributed by atoms with Gasteiger partial charge in [-0.15, -0.1) is 0 Å². The number of benzene rings is 1. The molecule has 0 radical (unpaired) electrons. The lowest BCUT2D eigenvalue weighted by atomic mass is 9.92. The fraction of sp³-hybridized carbons (Fsp3) is 0.368. The standard InChI is InChI=1S/C19H19Cl2NO5/c20-14-2-3-16(15(21)11-14)25-8-9-26-17-10-13(4-6-22-17)12-19(18(23)24)5-1-7-27-19/h2-4,6,10-11H,1,5,7-9,12H2,(H,23,24). The van der Waals surface area contributed by atoms with Gasteiger partial charge in [-0.3, -0.25) is 0 Å². The van der Waals surface area contributed by atoms with E-state index in [1.165, 1.54) is 0 Å². The Morgan fingerprint density at radius 1 is 1.22 bits per heavy atom. The summed E-state index contributed by atoms with van der Waals surface area (Å²) in [5.74, 6) is -0.0162. The summed E-state index contributed by atoms with van der Waals surface area (Å²) in [4.78, 5) is 15.7. The minimum absolute atomic E-state index is 0.260. The van der Waals surface area contributed by atoms with Crippen LogP contribution in [-0.2, 0) is 16.0 Å². The molecule has 0 saturated carbocycles. The van der Waals surface area contributed by atoms with Crippen molar-refractivity contribution >= 4 is 29.2 Å². The van der Waals surface area contributed by atoms with Crippen LogP contribution in [0.15, 0.2) is 36.5 Å². The van der Waals surface area contributed by atoms with Crippen LogP contribution in [0.4, 0.5) is 0 Å². The zero-order valence-electron chi connectivity index (χ0n) is 14.5. The molecule has 1 fully saturated rings. The van der Waals surface area contributed by atoms with Crippen molar-refractivity contribution in [3.63, 3.8) is 0 Å². The quantitative estimate of drug-likeness (QED) is 0.660. The van der Waals surface area contributed by atoms with Crippen molar-refractivity contribution in [1.29, 1.82) is 0 Å². The number of aromatic nitrogens is 1. The molecule has 2 heterocycles. The molecule has 0 amide bonds. The predicted molar refractivity (Wildman–Crippen MR) is 101 cm³/mol. The average molecular weight is 412 g/mol. The van der Waals surface area contributed by atoms with Gasteiger partial charge in [-0.1, -0.05) is 23.2 Å². The molecule has 1 saturated heterocycles. The molecule has 144 valence electrons. The summed E-state index contributed by atoms with van der Waals surface area (Å²) in [6, 6.07) is 8.48. The van der Waals surface area contributed by atoms with Gasteiger partial charge < -0.3 is 19.3 Å². The van der Waals surface area contributed by atoms with E-state index in [0.29, 0.717) is 34.7 Å². The molecule has 1 aliphatic heterocycles. The largest absolute Gasteiger partial charge is 0.488 e. The molecule has 2 aromatic rings. The van der Waals surface area contributed by atoms with Crippen LogP contribution in [0.5, 0.6) is 11.6 Å². The molecule has 1 unspecified atom stereocenters. The Balaban J connectivity index is 1.54. The van der Waals surface area contributed by atoms with E-state index in [0.717, 1.165) is 12.0 Å². The molecule has 0 aliphatic carbocycles. The van der Waals surface area contributed by atoms with Crippen molar-refractivity contribution < 1.29 is 24.1 Å². The Bertz CT molecular complexity index is 808. The molecular weight excluding hydrogens is 393 g/mol. The van der Waals surface area contributed by atoms with Crippen LogP contribution in [0.25, 0.3) is 0 Å². The molecule has 6 nitrogen and oxygen atoms in total. The fourth-order valence-electron chi connectivity index (χ4n) is 2.94. The van der Waals surface area contributed by atoms with Crippen molar-refractivity contribution in [2.45, 2.75) is 24.9 Å². The van der Waals surface area contributed by atoms with Gasteiger partial charge in [0.05, 0.1) is 5.02 Å². The van der Waals surface area contributed by atoms with E-state index >= 15 is 0 Å². The number of carbonyl (C=O) groups is 1. The Hall–Kier alpha value is -2.02. The first kappa shape index (κ1) is 19.7. The highest BCUT2D eigenvalue weighted by molar-refractivity contribution is 6.35. The van der Waals surface area contributed by atoms with Crippen LogP contribution < -0.4 is 9.47 Å². The van der Waals surface area contributed by atoms with Gasteiger partial charge in [-0.25, -0.2) is 9.78 Å². The molecule has 1 aliphatic rings. The molecule has 1 aromatic heterocycles. The van der Waals surface area contributed by atoms with E-state index in [2.05, 4.69) is 4.98 Å². The number of rotatable bonds is 8. The molecule has 3 rings (SSSR count). The summed E-state index contributed by atoms with van der Waals surface area (Å²) < 4.78 is 16.7. The summed E-state index contributed by atoms with van der Waals surface area (Å²) in [6.45, 7) is 0.997. The van der Waals surface area contributed by atoms with Crippen molar-refractivity contribution in [3.8, 4) is 11.6 Å². The van der Waals surface area contributed by atoms with Crippen LogP contribution >= 0.6 is 23.2 Å². The number of ether oxygens (including phenoxy) is 3. The second-order valence-corrected chi connectivity index (χ2v) is 7.05. The van der Waals surface area contributed by atoms with E-state index in [9.17, 15) is 9.90 Å². The lowest BCUT2D eigenvalue weighted by Crippen LogP contribution is -2.40. The highest BCUT2D eigenvalue weighted by Crippen LogP contribution is 2.31. The Kier molecular flexibility index (Phi) is 6.42. The van der Waals surface area contributed by atoms with Crippen LogP contribution in [0.1, 0.15) is 18.4 Å². The third-order valence-corrected chi connectivity index (χ3v) is 4.80. The number of aliphatic carboxylic acids is 1. The number of carboxylic acids is 1. The second-order valence-electron chi connectivity index (χ2n) is 6.20. The first-order valence-electron chi connectivity index (χ1n) is 8.51. The average Bonchev–Trinajstić information content (AvgIpc) is 3.10. The lowest BCUT2D eigenvalue weighted by molar-refractivity contribution is -0.159. The van der Waals surface area contributed by atoms with Gasteiger partial charge in [-0.05, 0) is 42.7 Å². The monoisotopic (exact) mass is 411 g/mol. The highest BCUT2D eigenvalue weighted by Gasteiger charge is 2.42. The first-order valence-corrected chi connectivity index (χ1v) is 9.27. The van der Waals surface area contributed by atoms with Gasteiger partial charge >= 0.3 is 5.97 Å². The first-order chi connectivity index (χ1) is 13.0. The summed E-state index contributed by atoms with van der Waals surface area (Å²) in [7, 11) is 0. The molecule has 1 aromatic carbocycles. The maximum Gasteiger partial charge on any atom is 0.336 e. The Morgan fingerprint density at radius 2 is 2.04 bits per heavy atom. The third-order valence-electron chi connectivity index (χ3n) is 4.27. The molecular formula is C19H19Cl2NO5. The minimum Gasteiger partial charge on any atom is -0.488 e. The predicted octanol–water partition coefficient (Wildman–Crippen LogP) is 4.02. The molecule has 0 bridgehead atoms.